The minimum absolute atomic E-state index is 0.0898. The lowest BCUT2D eigenvalue weighted by atomic mass is 9.87. The molecule has 0 spiro atoms. The van der Waals surface area contributed by atoms with Gasteiger partial charge in [0.2, 0.25) is 0 Å². The van der Waals surface area contributed by atoms with Gasteiger partial charge < -0.3 is 19.2 Å². The van der Waals surface area contributed by atoms with Crippen molar-refractivity contribution in [1.82, 2.24) is 10.3 Å². The van der Waals surface area contributed by atoms with Gasteiger partial charge in [-0.1, -0.05) is 45.0 Å². The number of aromatic nitrogens is 1. The smallest absolute Gasteiger partial charge is 0.306 e. The van der Waals surface area contributed by atoms with Crippen molar-refractivity contribution in [3.8, 4) is 5.75 Å². The molecule has 3 rings (SSSR count). The quantitative estimate of drug-likeness (QED) is 0.415. The zero-order valence-electron chi connectivity index (χ0n) is 18.1. The van der Waals surface area contributed by atoms with Gasteiger partial charge in [0.15, 0.2) is 18.1 Å². The highest BCUT2D eigenvalue weighted by Crippen LogP contribution is 2.24. The van der Waals surface area contributed by atoms with Crippen molar-refractivity contribution in [2.75, 3.05) is 19.8 Å². The SMILES string of the molecule is CC(C)(C)c1ccc(OCCNC(=O)COC(=O)CCc2nc3ccccc3o2)cc1. The standard InChI is InChI=1S/C24H28N2O5/c1-24(2,3)17-8-10-18(11-9-17)29-15-14-25-21(27)16-30-23(28)13-12-22-26-19-6-4-5-7-20(19)31-22/h4-11H,12-16H2,1-3H3,(H,25,27). The molecule has 0 aliphatic carbocycles. The van der Waals surface area contributed by atoms with Crippen molar-refractivity contribution in [1.29, 1.82) is 0 Å². The third-order valence-electron chi connectivity index (χ3n) is 4.66. The minimum Gasteiger partial charge on any atom is -0.492 e. The van der Waals surface area contributed by atoms with E-state index in [2.05, 4.69) is 31.1 Å². The molecule has 3 aromatic rings. The molecule has 0 aliphatic heterocycles. The Morgan fingerprint density at radius 1 is 1.06 bits per heavy atom. The van der Waals surface area contributed by atoms with E-state index in [0.717, 1.165) is 11.3 Å². The molecule has 0 atom stereocenters. The maximum absolute atomic E-state index is 11.9. The van der Waals surface area contributed by atoms with E-state index in [0.29, 0.717) is 31.0 Å². The number of nitrogens with one attached hydrogen (secondary N) is 1. The first-order chi connectivity index (χ1) is 14.8. The van der Waals surface area contributed by atoms with E-state index >= 15 is 0 Å². The van der Waals surface area contributed by atoms with Crippen LogP contribution in [0.3, 0.4) is 0 Å². The van der Waals surface area contributed by atoms with Crippen LogP contribution in [0, 0.1) is 0 Å². The van der Waals surface area contributed by atoms with Gasteiger partial charge in [-0.3, -0.25) is 9.59 Å². The van der Waals surface area contributed by atoms with Crippen LogP contribution in [0.4, 0.5) is 0 Å². The Bertz CT molecular complexity index is 985. The normalized spacial score (nSPS) is 11.3. The number of benzene rings is 2. The molecule has 31 heavy (non-hydrogen) atoms. The molecular weight excluding hydrogens is 396 g/mol. The highest BCUT2D eigenvalue weighted by molar-refractivity contribution is 5.80. The second-order valence-corrected chi connectivity index (χ2v) is 8.21. The Morgan fingerprint density at radius 2 is 1.81 bits per heavy atom. The molecule has 1 heterocycles. The van der Waals surface area contributed by atoms with Crippen LogP contribution in [0.15, 0.2) is 52.9 Å². The maximum Gasteiger partial charge on any atom is 0.306 e. The summed E-state index contributed by atoms with van der Waals surface area (Å²) >= 11 is 0. The first-order valence-electron chi connectivity index (χ1n) is 10.3. The lowest BCUT2D eigenvalue weighted by Gasteiger charge is -2.19. The van der Waals surface area contributed by atoms with Gasteiger partial charge in [-0.2, -0.15) is 0 Å². The number of oxazole rings is 1. The fourth-order valence-corrected chi connectivity index (χ4v) is 2.92. The predicted octanol–water partition coefficient (Wildman–Crippen LogP) is 3.80. The van der Waals surface area contributed by atoms with Gasteiger partial charge in [0.1, 0.15) is 17.9 Å². The summed E-state index contributed by atoms with van der Waals surface area (Å²) in [5.41, 5.74) is 2.74. The molecular formula is C24H28N2O5. The van der Waals surface area contributed by atoms with E-state index < -0.39 is 5.97 Å². The molecule has 0 radical (unpaired) electrons. The van der Waals surface area contributed by atoms with Crippen molar-refractivity contribution in [2.45, 2.75) is 39.0 Å². The molecule has 7 heteroatoms. The van der Waals surface area contributed by atoms with Gasteiger partial charge in [-0.25, -0.2) is 4.98 Å². The predicted molar refractivity (Wildman–Crippen MR) is 117 cm³/mol. The molecule has 0 saturated carbocycles. The summed E-state index contributed by atoms with van der Waals surface area (Å²) in [6.07, 6.45) is 0.407. The Morgan fingerprint density at radius 3 is 2.52 bits per heavy atom. The second kappa shape index (κ2) is 10.1. The molecule has 2 aromatic carbocycles. The number of nitrogens with zero attached hydrogens (tertiary/aromatic N) is 1. The lowest BCUT2D eigenvalue weighted by molar-refractivity contribution is -0.148. The van der Waals surface area contributed by atoms with Gasteiger partial charge in [-0.05, 0) is 35.2 Å². The molecule has 7 nitrogen and oxygen atoms in total. The van der Waals surface area contributed by atoms with Crippen LogP contribution in [0.2, 0.25) is 0 Å². The van der Waals surface area contributed by atoms with E-state index in [1.807, 2.05) is 48.5 Å². The largest absolute Gasteiger partial charge is 0.492 e. The van der Waals surface area contributed by atoms with Crippen molar-refractivity contribution in [2.24, 2.45) is 0 Å². The number of aryl methyl sites for hydroxylation is 1. The van der Waals surface area contributed by atoms with Crippen LogP contribution >= 0.6 is 0 Å². The Balaban J connectivity index is 1.29. The summed E-state index contributed by atoms with van der Waals surface area (Å²) in [4.78, 5) is 28.0. The number of rotatable bonds is 9. The Kier molecular flexibility index (Phi) is 7.28. The summed E-state index contributed by atoms with van der Waals surface area (Å²) in [7, 11) is 0. The van der Waals surface area contributed by atoms with Gasteiger partial charge in [0.05, 0.1) is 13.0 Å². The number of para-hydroxylation sites is 2. The van der Waals surface area contributed by atoms with Crippen molar-refractivity contribution in [3.05, 3.63) is 60.0 Å². The molecule has 0 saturated heterocycles. The van der Waals surface area contributed by atoms with Crippen LogP contribution in [-0.4, -0.2) is 36.6 Å². The zero-order chi connectivity index (χ0) is 22.3. The van der Waals surface area contributed by atoms with Crippen LogP contribution in [-0.2, 0) is 26.2 Å². The van der Waals surface area contributed by atoms with Crippen LogP contribution in [0.5, 0.6) is 5.75 Å². The number of fused-ring (bicyclic) bond motifs is 1. The van der Waals surface area contributed by atoms with Gasteiger partial charge >= 0.3 is 5.97 Å². The summed E-state index contributed by atoms with van der Waals surface area (Å²) in [5, 5.41) is 2.66. The van der Waals surface area contributed by atoms with Crippen LogP contribution < -0.4 is 10.1 Å². The van der Waals surface area contributed by atoms with Crippen LogP contribution in [0.25, 0.3) is 11.1 Å². The Labute approximate surface area is 181 Å². The molecule has 1 aromatic heterocycles. The molecule has 0 aliphatic rings. The summed E-state index contributed by atoms with van der Waals surface area (Å²) in [6.45, 7) is 6.78. The average molecular weight is 424 g/mol. The number of ether oxygens (including phenoxy) is 2. The monoisotopic (exact) mass is 424 g/mol. The summed E-state index contributed by atoms with van der Waals surface area (Å²) < 4.78 is 16.2. The highest BCUT2D eigenvalue weighted by Gasteiger charge is 2.13. The Hall–Kier alpha value is -3.35. The number of carbonyl (C=O) groups excluding carboxylic acids is 2. The average Bonchev–Trinajstić information content (AvgIpc) is 3.16. The molecule has 1 N–H and O–H groups in total. The summed E-state index contributed by atoms with van der Waals surface area (Å²) in [5.74, 6) is 0.359. The van der Waals surface area contributed by atoms with Crippen LogP contribution in [0.1, 0.15) is 38.6 Å². The number of carbonyl (C=O) groups is 2. The number of esters is 1. The van der Waals surface area contributed by atoms with E-state index in [9.17, 15) is 9.59 Å². The maximum atomic E-state index is 11.9. The third-order valence-corrected chi connectivity index (χ3v) is 4.66. The van der Waals surface area contributed by atoms with Crippen molar-refractivity contribution in [3.63, 3.8) is 0 Å². The lowest BCUT2D eigenvalue weighted by Crippen LogP contribution is -2.32. The van der Waals surface area contributed by atoms with Gasteiger partial charge in [0, 0.05) is 6.42 Å². The van der Waals surface area contributed by atoms with Gasteiger partial charge in [0.25, 0.3) is 5.91 Å². The van der Waals surface area contributed by atoms with E-state index in [1.165, 1.54) is 5.56 Å². The fraction of sp³-hybridized carbons (Fsp3) is 0.375. The number of hydrogen-bond donors (Lipinski definition) is 1. The molecule has 1 amide bonds. The fourth-order valence-electron chi connectivity index (χ4n) is 2.92. The molecule has 0 bridgehead atoms. The first kappa shape index (κ1) is 22.3. The topological polar surface area (TPSA) is 90.7 Å². The van der Waals surface area contributed by atoms with E-state index in [-0.39, 0.29) is 24.3 Å². The molecule has 0 fully saturated rings. The van der Waals surface area contributed by atoms with E-state index in [4.69, 9.17) is 13.9 Å². The third kappa shape index (κ3) is 6.84. The molecule has 0 unspecified atom stereocenters. The minimum atomic E-state index is -0.479. The highest BCUT2D eigenvalue weighted by atomic mass is 16.5. The summed E-state index contributed by atoms with van der Waals surface area (Å²) in [6, 6.07) is 15.3. The second-order valence-electron chi connectivity index (χ2n) is 8.21. The van der Waals surface area contributed by atoms with Gasteiger partial charge in [-0.15, -0.1) is 0 Å². The number of amides is 1. The first-order valence-corrected chi connectivity index (χ1v) is 10.3. The molecule has 164 valence electrons. The zero-order valence-corrected chi connectivity index (χ0v) is 18.1. The van der Waals surface area contributed by atoms with Crippen molar-refractivity contribution < 1.29 is 23.5 Å². The van der Waals surface area contributed by atoms with Crippen molar-refractivity contribution >= 4 is 23.0 Å². The van der Waals surface area contributed by atoms with E-state index in [1.54, 1.807) is 0 Å². The number of hydrogen-bond acceptors (Lipinski definition) is 6.